The second-order valence-electron chi connectivity index (χ2n) is 8.27. The summed E-state index contributed by atoms with van der Waals surface area (Å²) in [5.74, 6) is -3.30. The number of amides is 2. The van der Waals surface area contributed by atoms with Crippen molar-refractivity contribution >= 4 is 23.5 Å². The molecule has 9 heteroatoms. The third kappa shape index (κ3) is 7.42. The maximum absolute atomic E-state index is 13.1. The normalized spacial score (nSPS) is 11.1. The molecule has 0 atom stereocenters. The Morgan fingerprint density at radius 1 is 0.865 bits per heavy atom. The van der Waals surface area contributed by atoms with Crippen LogP contribution in [0.1, 0.15) is 40.4 Å². The fourth-order valence-corrected chi connectivity index (χ4v) is 3.75. The lowest BCUT2D eigenvalue weighted by molar-refractivity contribution is -0.171. The van der Waals surface area contributed by atoms with Crippen LogP contribution in [0.25, 0.3) is 0 Å². The van der Waals surface area contributed by atoms with Gasteiger partial charge in [-0.2, -0.15) is 13.2 Å². The smallest absolute Gasteiger partial charge is 0.472 e. The van der Waals surface area contributed by atoms with Crippen molar-refractivity contribution in [2.45, 2.75) is 39.0 Å². The molecule has 0 fully saturated rings. The predicted molar refractivity (Wildman–Crippen MR) is 131 cm³/mol. The Balaban J connectivity index is 1.83. The van der Waals surface area contributed by atoms with Crippen LogP contribution in [0.5, 0.6) is 5.75 Å². The Morgan fingerprint density at radius 3 is 2.14 bits per heavy atom. The van der Waals surface area contributed by atoms with Gasteiger partial charge in [-0.3, -0.25) is 9.59 Å². The van der Waals surface area contributed by atoms with E-state index in [1.165, 1.54) is 25.3 Å². The summed E-state index contributed by atoms with van der Waals surface area (Å²) in [6.45, 7) is 1.14. The fraction of sp³-hybridized carbons (Fsp3) is 0.250. The van der Waals surface area contributed by atoms with Crippen molar-refractivity contribution in [3.05, 3.63) is 95.1 Å². The Morgan fingerprint density at radius 2 is 1.54 bits per heavy atom. The number of imide groups is 1. The predicted octanol–water partition coefficient (Wildman–Crippen LogP) is 5.67. The number of ether oxygens (including phenoxy) is 2. The zero-order valence-corrected chi connectivity index (χ0v) is 20.4. The first-order chi connectivity index (χ1) is 17.6. The van der Waals surface area contributed by atoms with Gasteiger partial charge in [0, 0.05) is 6.92 Å². The maximum Gasteiger partial charge on any atom is 0.472 e. The Kier molecular flexibility index (Phi) is 9.05. The first-order valence-electron chi connectivity index (χ1n) is 11.5. The van der Waals surface area contributed by atoms with E-state index in [0.717, 1.165) is 18.1 Å². The summed E-state index contributed by atoms with van der Waals surface area (Å²) in [7, 11) is 1.30. The zero-order chi connectivity index (χ0) is 27.0. The molecule has 3 aromatic carbocycles. The van der Waals surface area contributed by atoms with Crippen molar-refractivity contribution in [2.24, 2.45) is 0 Å². The molecule has 0 saturated carbocycles. The summed E-state index contributed by atoms with van der Waals surface area (Å²) < 4.78 is 50.0. The largest absolute Gasteiger partial charge is 0.489 e. The lowest BCUT2D eigenvalue weighted by Crippen LogP contribution is -2.44. The van der Waals surface area contributed by atoms with Crippen LogP contribution in [0.3, 0.4) is 0 Å². The van der Waals surface area contributed by atoms with Gasteiger partial charge in [0.25, 0.3) is 0 Å². The maximum atomic E-state index is 13.1. The van der Waals surface area contributed by atoms with E-state index in [2.05, 4.69) is 0 Å². The van der Waals surface area contributed by atoms with Gasteiger partial charge < -0.3 is 9.47 Å². The number of anilines is 1. The van der Waals surface area contributed by atoms with Gasteiger partial charge in [-0.1, -0.05) is 42.5 Å². The minimum Gasteiger partial charge on any atom is -0.489 e. The molecule has 0 heterocycles. The molecule has 3 aromatic rings. The number of esters is 1. The molecule has 2 amide bonds. The van der Waals surface area contributed by atoms with E-state index in [0.29, 0.717) is 36.1 Å². The van der Waals surface area contributed by atoms with Gasteiger partial charge in [-0.25, -0.2) is 9.69 Å². The van der Waals surface area contributed by atoms with Gasteiger partial charge in [0.1, 0.15) is 12.4 Å². The van der Waals surface area contributed by atoms with Crippen molar-refractivity contribution in [2.75, 3.05) is 12.0 Å². The minimum absolute atomic E-state index is 0.121. The quantitative estimate of drug-likeness (QED) is 0.345. The van der Waals surface area contributed by atoms with Gasteiger partial charge in [0.05, 0.1) is 18.4 Å². The molecular formula is C28H26F3NO5. The van der Waals surface area contributed by atoms with E-state index in [1.807, 2.05) is 30.3 Å². The van der Waals surface area contributed by atoms with Crippen LogP contribution in [-0.4, -0.2) is 31.1 Å². The third-order valence-corrected chi connectivity index (χ3v) is 5.59. The monoisotopic (exact) mass is 513 g/mol. The summed E-state index contributed by atoms with van der Waals surface area (Å²) >= 11 is 0. The Bertz CT molecular complexity index is 1240. The van der Waals surface area contributed by atoms with Gasteiger partial charge in [-0.05, 0) is 66.3 Å². The van der Waals surface area contributed by atoms with Gasteiger partial charge >= 0.3 is 18.1 Å². The fourth-order valence-electron chi connectivity index (χ4n) is 3.75. The molecular weight excluding hydrogens is 487 g/mol. The number of carbonyl (C=O) groups excluding carboxylic acids is 3. The zero-order valence-electron chi connectivity index (χ0n) is 20.4. The molecule has 0 aliphatic heterocycles. The van der Waals surface area contributed by atoms with Crippen molar-refractivity contribution in [3.63, 3.8) is 0 Å². The molecule has 0 unspecified atom stereocenters. The molecule has 0 aliphatic rings. The Labute approximate surface area is 212 Å². The molecule has 0 aliphatic carbocycles. The van der Waals surface area contributed by atoms with Crippen molar-refractivity contribution < 1.29 is 37.0 Å². The highest BCUT2D eigenvalue weighted by Gasteiger charge is 2.44. The number of aryl methyl sites for hydroxylation is 2. The summed E-state index contributed by atoms with van der Waals surface area (Å²) in [5, 5.41) is 0. The molecule has 0 saturated heterocycles. The van der Waals surface area contributed by atoms with Crippen LogP contribution in [0.15, 0.2) is 72.8 Å². The highest BCUT2D eigenvalue weighted by molar-refractivity contribution is 6.16. The topological polar surface area (TPSA) is 72.9 Å². The molecule has 0 bridgehead atoms. The number of hydrogen-bond donors (Lipinski definition) is 0. The van der Waals surface area contributed by atoms with E-state index >= 15 is 0 Å². The lowest BCUT2D eigenvalue weighted by atomic mass is 10.0. The van der Waals surface area contributed by atoms with E-state index < -0.39 is 24.0 Å². The highest BCUT2D eigenvalue weighted by atomic mass is 19.4. The molecule has 194 valence electrons. The summed E-state index contributed by atoms with van der Waals surface area (Å²) in [5.41, 5.74) is 2.66. The van der Waals surface area contributed by atoms with Crippen molar-refractivity contribution in [1.82, 2.24) is 0 Å². The first-order valence-corrected chi connectivity index (χ1v) is 11.5. The summed E-state index contributed by atoms with van der Waals surface area (Å²) in [4.78, 5) is 35.6. The standard InChI is InChI=1S/C28H26F3NO5/c1-19(33)32(27(35)28(29,30)31)24-15-16-25(37-18-21-7-4-3-5-8-21)23(17-24)10-6-9-20-11-13-22(14-12-20)26(34)36-2/h3-5,7-8,11-17H,6,9-10,18H2,1-2H3. The number of nitrogens with zero attached hydrogens (tertiary/aromatic N) is 1. The minimum atomic E-state index is -5.20. The average Bonchev–Trinajstić information content (AvgIpc) is 2.88. The third-order valence-electron chi connectivity index (χ3n) is 5.59. The van der Waals surface area contributed by atoms with E-state index in [-0.39, 0.29) is 17.2 Å². The van der Waals surface area contributed by atoms with Crippen LogP contribution < -0.4 is 9.64 Å². The van der Waals surface area contributed by atoms with E-state index in [9.17, 15) is 27.6 Å². The van der Waals surface area contributed by atoms with Crippen LogP contribution in [0.4, 0.5) is 18.9 Å². The second kappa shape index (κ2) is 12.2. The van der Waals surface area contributed by atoms with E-state index in [1.54, 1.807) is 24.3 Å². The number of benzene rings is 3. The van der Waals surface area contributed by atoms with Crippen molar-refractivity contribution in [3.8, 4) is 5.75 Å². The number of halogens is 3. The number of alkyl halides is 3. The van der Waals surface area contributed by atoms with Crippen LogP contribution in [0.2, 0.25) is 0 Å². The Hall–Kier alpha value is -4.14. The van der Waals surface area contributed by atoms with Crippen molar-refractivity contribution in [1.29, 1.82) is 0 Å². The number of carbonyl (C=O) groups is 3. The van der Waals surface area contributed by atoms with Crippen LogP contribution in [-0.2, 0) is 33.8 Å². The van der Waals surface area contributed by atoms with Crippen LogP contribution >= 0.6 is 0 Å². The molecule has 0 N–H and O–H groups in total. The summed E-state index contributed by atoms with van der Waals surface area (Å²) in [6.07, 6.45) is -3.59. The SMILES string of the molecule is COC(=O)c1ccc(CCCc2cc(N(C(C)=O)C(=O)C(F)(F)F)ccc2OCc2ccccc2)cc1. The van der Waals surface area contributed by atoms with E-state index in [4.69, 9.17) is 9.47 Å². The number of rotatable bonds is 9. The lowest BCUT2D eigenvalue weighted by Gasteiger charge is -2.22. The summed E-state index contributed by atoms with van der Waals surface area (Å²) in [6, 6.07) is 20.4. The molecule has 37 heavy (non-hydrogen) atoms. The van der Waals surface area contributed by atoms with Gasteiger partial charge in [-0.15, -0.1) is 0 Å². The second-order valence-corrected chi connectivity index (χ2v) is 8.27. The number of hydrogen-bond acceptors (Lipinski definition) is 5. The average molecular weight is 514 g/mol. The molecule has 0 radical (unpaired) electrons. The molecule has 0 aromatic heterocycles. The highest BCUT2D eigenvalue weighted by Crippen LogP contribution is 2.30. The first kappa shape index (κ1) is 27.4. The molecule has 0 spiro atoms. The van der Waals surface area contributed by atoms with Gasteiger partial charge in [0.2, 0.25) is 5.91 Å². The molecule has 3 rings (SSSR count). The number of methoxy groups -OCH3 is 1. The van der Waals surface area contributed by atoms with Crippen LogP contribution in [0, 0.1) is 0 Å². The van der Waals surface area contributed by atoms with Gasteiger partial charge in [0.15, 0.2) is 0 Å². The molecule has 6 nitrogen and oxygen atoms in total.